The Labute approximate surface area is 135 Å². The number of hydrogen-bond acceptors (Lipinski definition) is 2. The molecule has 112 valence electrons. The fourth-order valence-corrected chi connectivity index (χ4v) is 4.23. The molecule has 0 fully saturated rings. The van der Waals surface area contributed by atoms with E-state index in [0.717, 1.165) is 11.1 Å². The molecule has 2 aromatic rings. The van der Waals surface area contributed by atoms with E-state index in [1.807, 2.05) is 31.2 Å². The highest BCUT2D eigenvalue weighted by atomic mass is 35.5. The number of nitrogens with zero attached hydrogens (tertiary/aromatic N) is 1. The minimum atomic E-state index is -3.75. The lowest BCUT2D eigenvalue weighted by Gasteiger charge is -2.19. The van der Waals surface area contributed by atoms with E-state index < -0.39 is 10.0 Å². The summed E-state index contributed by atoms with van der Waals surface area (Å²) in [4.78, 5) is -0.0515. The molecule has 0 unspecified atom stereocenters. The third kappa shape index (κ3) is 3.40. The summed E-state index contributed by atoms with van der Waals surface area (Å²) >= 11 is 12.0. The van der Waals surface area contributed by atoms with E-state index in [0.29, 0.717) is 0 Å². The predicted octanol–water partition coefficient (Wildman–Crippen LogP) is 4.12. The van der Waals surface area contributed by atoms with E-state index in [1.54, 1.807) is 6.07 Å². The molecule has 0 N–H and O–H groups in total. The number of halogens is 2. The smallest absolute Gasteiger partial charge is 0.207 e. The van der Waals surface area contributed by atoms with Gasteiger partial charge in [-0.1, -0.05) is 53.5 Å². The number of hydrogen-bond donors (Lipinski definition) is 0. The Balaban J connectivity index is 2.38. The van der Waals surface area contributed by atoms with Crippen LogP contribution in [0.2, 0.25) is 10.0 Å². The van der Waals surface area contributed by atoms with Crippen LogP contribution < -0.4 is 0 Å². The van der Waals surface area contributed by atoms with Gasteiger partial charge in [-0.05, 0) is 30.2 Å². The fourth-order valence-electron chi connectivity index (χ4n) is 2.00. The zero-order valence-electron chi connectivity index (χ0n) is 11.7. The minimum Gasteiger partial charge on any atom is -0.207 e. The maximum absolute atomic E-state index is 12.6. The zero-order valence-corrected chi connectivity index (χ0v) is 14.0. The summed E-state index contributed by atoms with van der Waals surface area (Å²) in [5.74, 6) is 0. The molecule has 2 aromatic carbocycles. The van der Waals surface area contributed by atoms with Gasteiger partial charge in [-0.3, -0.25) is 0 Å². The molecule has 2 rings (SSSR count). The van der Waals surface area contributed by atoms with Crippen LogP contribution in [0.15, 0.2) is 47.4 Å². The van der Waals surface area contributed by atoms with Gasteiger partial charge in [-0.15, -0.1) is 0 Å². The Morgan fingerprint density at radius 3 is 2.14 bits per heavy atom. The van der Waals surface area contributed by atoms with Crippen molar-refractivity contribution < 1.29 is 8.42 Å². The first-order valence-electron chi connectivity index (χ1n) is 6.29. The Hall–Kier alpha value is -1.07. The first kappa shape index (κ1) is 16.3. The van der Waals surface area contributed by atoms with Gasteiger partial charge in [0, 0.05) is 13.6 Å². The largest absolute Gasteiger partial charge is 0.246 e. The number of aryl methyl sites for hydroxylation is 1. The van der Waals surface area contributed by atoms with Crippen LogP contribution >= 0.6 is 23.2 Å². The topological polar surface area (TPSA) is 37.4 Å². The van der Waals surface area contributed by atoms with E-state index >= 15 is 0 Å². The highest BCUT2D eigenvalue weighted by Gasteiger charge is 2.26. The third-order valence-electron chi connectivity index (χ3n) is 3.24. The highest BCUT2D eigenvalue weighted by molar-refractivity contribution is 7.89. The summed E-state index contributed by atoms with van der Waals surface area (Å²) in [5.41, 5.74) is 1.97. The second kappa shape index (κ2) is 6.36. The Bertz CT molecular complexity index is 740. The molecule has 0 aliphatic heterocycles. The van der Waals surface area contributed by atoms with E-state index in [9.17, 15) is 8.42 Å². The standard InChI is InChI=1S/C15H15Cl2NO2S/c1-11-6-3-4-7-12(11)10-18(2)21(19,20)15-13(16)8-5-9-14(15)17/h3-9H,10H2,1-2H3. The molecule has 0 radical (unpaired) electrons. The molecule has 0 aliphatic rings. The molecule has 0 aromatic heterocycles. The van der Waals surface area contributed by atoms with Crippen LogP contribution in [0.5, 0.6) is 0 Å². The highest BCUT2D eigenvalue weighted by Crippen LogP contribution is 2.31. The van der Waals surface area contributed by atoms with E-state index in [1.165, 1.54) is 23.5 Å². The number of sulfonamides is 1. The van der Waals surface area contributed by atoms with Crippen LogP contribution in [-0.4, -0.2) is 19.8 Å². The molecule has 0 heterocycles. The summed E-state index contributed by atoms with van der Waals surface area (Å²) in [6, 6.07) is 12.3. The molecule has 0 saturated heterocycles. The SMILES string of the molecule is Cc1ccccc1CN(C)S(=O)(=O)c1c(Cl)cccc1Cl. The Kier molecular flexibility index (Phi) is 4.94. The van der Waals surface area contributed by atoms with E-state index in [2.05, 4.69) is 0 Å². The van der Waals surface area contributed by atoms with Gasteiger partial charge in [0.2, 0.25) is 10.0 Å². The van der Waals surface area contributed by atoms with E-state index in [-0.39, 0.29) is 21.5 Å². The van der Waals surface area contributed by atoms with Crippen molar-refractivity contribution in [1.82, 2.24) is 4.31 Å². The molecular formula is C15H15Cl2NO2S. The van der Waals surface area contributed by atoms with Gasteiger partial charge >= 0.3 is 0 Å². The van der Waals surface area contributed by atoms with Crippen molar-refractivity contribution in [2.75, 3.05) is 7.05 Å². The second-order valence-corrected chi connectivity index (χ2v) is 7.53. The van der Waals surface area contributed by atoms with Crippen LogP contribution in [0.25, 0.3) is 0 Å². The van der Waals surface area contributed by atoms with Gasteiger partial charge in [0.15, 0.2) is 0 Å². The van der Waals surface area contributed by atoms with Crippen molar-refractivity contribution in [2.45, 2.75) is 18.4 Å². The quantitative estimate of drug-likeness (QED) is 0.837. The normalized spacial score (nSPS) is 11.9. The minimum absolute atomic E-state index is 0.0515. The van der Waals surface area contributed by atoms with Crippen molar-refractivity contribution in [1.29, 1.82) is 0 Å². The first-order chi connectivity index (χ1) is 9.84. The van der Waals surface area contributed by atoms with Gasteiger partial charge in [0.05, 0.1) is 10.0 Å². The molecule has 0 saturated carbocycles. The lowest BCUT2D eigenvalue weighted by molar-refractivity contribution is 0.466. The molecule has 3 nitrogen and oxygen atoms in total. The second-order valence-electron chi connectivity index (χ2n) is 4.74. The van der Waals surface area contributed by atoms with Crippen molar-refractivity contribution in [3.8, 4) is 0 Å². The van der Waals surface area contributed by atoms with Crippen LogP contribution in [0.1, 0.15) is 11.1 Å². The monoisotopic (exact) mass is 343 g/mol. The van der Waals surface area contributed by atoms with Gasteiger partial charge in [-0.25, -0.2) is 8.42 Å². The molecule has 0 aliphatic carbocycles. The summed E-state index contributed by atoms with van der Waals surface area (Å²) < 4.78 is 26.5. The summed E-state index contributed by atoms with van der Waals surface area (Å²) in [6.07, 6.45) is 0. The summed E-state index contributed by atoms with van der Waals surface area (Å²) in [7, 11) is -2.23. The maximum atomic E-state index is 12.6. The number of rotatable bonds is 4. The van der Waals surface area contributed by atoms with Gasteiger partial charge in [0.25, 0.3) is 0 Å². The Morgan fingerprint density at radius 1 is 1.00 bits per heavy atom. The summed E-state index contributed by atoms with van der Waals surface area (Å²) in [5, 5.41) is 0.248. The number of benzene rings is 2. The predicted molar refractivity (Wildman–Crippen MR) is 86.3 cm³/mol. The molecule has 0 spiro atoms. The molecule has 0 bridgehead atoms. The van der Waals surface area contributed by atoms with Crippen LogP contribution in [0.4, 0.5) is 0 Å². The van der Waals surface area contributed by atoms with Crippen LogP contribution in [-0.2, 0) is 16.6 Å². The molecule has 0 amide bonds. The zero-order chi connectivity index (χ0) is 15.6. The molecule has 0 atom stereocenters. The molecule has 21 heavy (non-hydrogen) atoms. The average molecular weight is 344 g/mol. The van der Waals surface area contributed by atoms with E-state index in [4.69, 9.17) is 23.2 Å². The lowest BCUT2D eigenvalue weighted by Crippen LogP contribution is -2.27. The third-order valence-corrected chi connectivity index (χ3v) is 6.00. The molecular weight excluding hydrogens is 329 g/mol. The fraction of sp³-hybridized carbons (Fsp3) is 0.200. The van der Waals surface area contributed by atoms with Crippen molar-refractivity contribution in [2.24, 2.45) is 0 Å². The van der Waals surface area contributed by atoms with Crippen LogP contribution in [0.3, 0.4) is 0 Å². The van der Waals surface area contributed by atoms with Crippen molar-refractivity contribution in [3.05, 3.63) is 63.6 Å². The molecule has 6 heteroatoms. The van der Waals surface area contributed by atoms with Gasteiger partial charge in [0.1, 0.15) is 4.90 Å². The van der Waals surface area contributed by atoms with Gasteiger partial charge in [-0.2, -0.15) is 4.31 Å². The maximum Gasteiger partial charge on any atom is 0.246 e. The van der Waals surface area contributed by atoms with Crippen molar-refractivity contribution >= 4 is 33.2 Å². The Morgan fingerprint density at radius 2 is 1.57 bits per heavy atom. The summed E-state index contributed by atoms with van der Waals surface area (Å²) in [6.45, 7) is 2.20. The van der Waals surface area contributed by atoms with Crippen molar-refractivity contribution in [3.63, 3.8) is 0 Å². The van der Waals surface area contributed by atoms with Gasteiger partial charge < -0.3 is 0 Å². The van der Waals surface area contributed by atoms with Crippen LogP contribution in [0, 0.1) is 6.92 Å². The average Bonchev–Trinajstić information content (AvgIpc) is 2.40. The first-order valence-corrected chi connectivity index (χ1v) is 8.48. The lowest BCUT2D eigenvalue weighted by atomic mass is 10.1.